The lowest BCUT2D eigenvalue weighted by Crippen LogP contribution is -2.30. The highest BCUT2D eigenvalue weighted by Gasteiger charge is 2.12. The Morgan fingerprint density at radius 3 is 2.41 bits per heavy atom. The molecule has 2 rings (SSSR count). The fourth-order valence-electron chi connectivity index (χ4n) is 2.44. The van der Waals surface area contributed by atoms with Gasteiger partial charge in [0.1, 0.15) is 0 Å². The maximum absolute atomic E-state index is 9.70. The van der Waals surface area contributed by atoms with E-state index < -0.39 is 6.10 Å². The third-order valence-corrected chi connectivity index (χ3v) is 3.36. The summed E-state index contributed by atoms with van der Waals surface area (Å²) in [5.41, 5.74) is 2.18. The summed E-state index contributed by atoms with van der Waals surface area (Å²) in [5, 5.41) is 9.70. The van der Waals surface area contributed by atoms with Gasteiger partial charge < -0.3 is 19.0 Å². The van der Waals surface area contributed by atoms with Crippen molar-refractivity contribution in [1.82, 2.24) is 4.90 Å². The summed E-state index contributed by atoms with van der Waals surface area (Å²) in [6.45, 7) is 3.79. The molecule has 0 aliphatic rings. The Morgan fingerprint density at radius 1 is 1.09 bits per heavy atom. The molecule has 0 saturated carbocycles. The summed E-state index contributed by atoms with van der Waals surface area (Å²) < 4.78 is 15.7. The molecule has 1 atom stereocenters. The van der Waals surface area contributed by atoms with Gasteiger partial charge in [0.15, 0.2) is 11.5 Å². The van der Waals surface area contributed by atoms with Crippen LogP contribution in [0.5, 0.6) is 11.5 Å². The van der Waals surface area contributed by atoms with Gasteiger partial charge in [0.05, 0.1) is 32.8 Å². The Hall–Kier alpha value is -1.98. The predicted molar refractivity (Wildman–Crippen MR) is 84.0 cm³/mol. The number of hydrogen-bond donors (Lipinski definition) is 1. The molecular formula is C17H23NO4. The van der Waals surface area contributed by atoms with Crippen LogP contribution in [0.25, 0.3) is 0 Å². The molecule has 0 fully saturated rings. The minimum Gasteiger partial charge on any atom is -0.493 e. The van der Waals surface area contributed by atoms with Crippen LogP contribution in [-0.2, 0) is 13.1 Å². The fourth-order valence-corrected chi connectivity index (χ4v) is 2.44. The van der Waals surface area contributed by atoms with E-state index in [1.807, 2.05) is 24.3 Å². The van der Waals surface area contributed by atoms with Gasteiger partial charge in [0.2, 0.25) is 0 Å². The highest BCUT2D eigenvalue weighted by atomic mass is 16.5. The topological polar surface area (TPSA) is 55.1 Å². The molecule has 0 bridgehead atoms. The second-order valence-electron chi connectivity index (χ2n) is 5.34. The van der Waals surface area contributed by atoms with E-state index in [1.54, 1.807) is 33.7 Å². The number of benzene rings is 1. The molecule has 22 heavy (non-hydrogen) atoms. The maximum atomic E-state index is 9.70. The minimum absolute atomic E-state index is 0.396. The van der Waals surface area contributed by atoms with E-state index in [0.29, 0.717) is 24.6 Å². The molecule has 0 amide bonds. The lowest BCUT2D eigenvalue weighted by Gasteiger charge is -2.23. The first-order valence-electron chi connectivity index (χ1n) is 7.24. The van der Waals surface area contributed by atoms with Gasteiger partial charge in [-0.05, 0) is 30.7 Å². The Balaban J connectivity index is 2.12. The van der Waals surface area contributed by atoms with E-state index in [4.69, 9.17) is 13.9 Å². The van der Waals surface area contributed by atoms with Crippen LogP contribution in [0.3, 0.4) is 0 Å². The first-order chi connectivity index (χ1) is 10.6. The van der Waals surface area contributed by atoms with Gasteiger partial charge in [0.25, 0.3) is 0 Å². The predicted octanol–water partition coefficient (Wildman–Crippen LogP) is 2.68. The van der Waals surface area contributed by atoms with Gasteiger partial charge >= 0.3 is 0 Å². The molecule has 0 radical (unpaired) electrons. The van der Waals surface area contributed by atoms with Gasteiger partial charge in [-0.15, -0.1) is 0 Å². The lowest BCUT2D eigenvalue weighted by molar-refractivity contribution is 0.118. The van der Waals surface area contributed by atoms with Crippen LogP contribution < -0.4 is 9.47 Å². The van der Waals surface area contributed by atoms with Crippen molar-refractivity contribution in [3.05, 3.63) is 47.9 Å². The molecule has 0 aliphatic heterocycles. The first kappa shape index (κ1) is 16.4. The van der Waals surface area contributed by atoms with E-state index in [1.165, 1.54) is 0 Å². The summed E-state index contributed by atoms with van der Waals surface area (Å²) in [7, 11) is 3.25. The van der Waals surface area contributed by atoms with Crippen molar-refractivity contribution in [2.75, 3.05) is 20.8 Å². The Bertz CT molecular complexity index is 566. The number of methoxy groups -OCH3 is 2. The average molecular weight is 305 g/mol. The first-order valence-corrected chi connectivity index (χ1v) is 7.24. The van der Waals surface area contributed by atoms with Crippen molar-refractivity contribution < 1.29 is 19.0 Å². The number of aliphatic hydroxyl groups is 1. The van der Waals surface area contributed by atoms with Gasteiger partial charge in [-0.25, -0.2) is 0 Å². The van der Waals surface area contributed by atoms with Crippen LogP contribution in [0.2, 0.25) is 0 Å². The van der Waals surface area contributed by atoms with Crippen molar-refractivity contribution in [1.29, 1.82) is 0 Å². The highest BCUT2D eigenvalue weighted by Crippen LogP contribution is 2.28. The molecule has 0 aliphatic carbocycles. The van der Waals surface area contributed by atoms with E-state index in [-0.39, 0.29) is 0 Å². The summed E-state index contributed by atoms with van der Waals surface area (Å²) in [4.78, 5) is 2.16. The number of nitrogens with zero attached hydrogens (tertiary/aromatic N) is 1. The molecular weight excluding hydrogens is 282 g/mol. The Morgan fingerprint density at radius 2 is 1.82 bits per heavy atom. The van der Waals surface area contributed by atoms with Gasteiger partial charge in [-0.1, -0.05) is 6.07 Å². The van der Waals surface area contributed by atoms with Crippen LogP contribution in [-0.4, -0.2) is 36.9 Å². The summed E-state index contributed by atoms with van der Waals surface area (Å²) >= 11 is 0. The largest absolute Gasteiger partial charge is 0.493 e. The Kier molecular flexibility index (Phi) is 5.86. The van der Waals surface area contributed by atoms with Crippen molar-refractivity contribution >= 4 is 0 Å². The van der Waals surface area contributed by atoms with E-state index in [2.05, 4.69) is 4.90 Å². The second kappa shape index (κ2) is 7.87. The fraction of sp³-hybridized carbons (Fsp3) is 0.412. The molecule has 0 spiro atoms. The van der Waals surface area contributed by atoms with Crippen LogP contribution in [0.15, 0.2) is 41.2 Å². The Labute approximate surface area is 131 Å². The van der Waals surface area contributed by atoms with Crippen molar-refractivity contribution in [3.8, 4) is 11.5 Å². The van der Waals surface area contributed by atoms with Crippen LogP contribution in [0.4, 0.5) is 0 Å². The standard InChI is InChI=1S/C17H23NO4/c1-13(19)9-18(11-15-6-7-22-12-15)10-14-4-5-16(20-2)17(8-14)21-3/h4-8,12-13,19H,9-11H2,1-3H3/t13-/m0/s1. The third-order valence-electron chi connectivity index (χ3n) is 3.36. The molecule has 120 valence electrons. The zero-order valence-electron chi connectivity index (χ0n) is 13.3. The lowest BCUT2D eigenvalue weighted by atomic mass is 10.1. The number of rotatable bonds is 8. The molecule has 1 N–H and O–H groups in total. The number of furan rings is 1. The van der Waals surface area contributed by atoms with Gasteiger partial charge in [0, 0.05) is 25.2 Å². The average Bonchev–Trinajstić information content (AvgIpc) is 2.99. The highest BCUT2D eigenvalue weighted by molar-refractivity contribution is 5.42. The molecule has 1 aromatic heterocycles. The number of hydrogen-bond acceptors (Lipinski definition) is 5. The third kappa shape index (κ3) is 4.51. The van der Waals surface area contributed by atoms with Crippen molar-refractivity contribution in [2.45, 2.75) is 26.1 Å². The van der Waals surface area contributed by atoms with Crippen molar-refractivity contribution in [2.24, 2.45) is 0 Å². The summed E-state index contributed by atoms with van der Waals surface area (Å²) in [6.07, 6.45) is 2.99. The monoisotopic (exact) mass is 305 g/mol. The quantitative estimate of drug-likeness (QED) is 0.812. The van der Waals surface area contributed by atoms with Crippen LogP contribution in [0, 0.1) is 0 Å². The molecule has 0 saturated heterocycles. The molecule has 0 unspecified atom stereocenters. The number of ether oxygens (including phenoxy) is 2. The smallest absolute Gasteiger partial charge is 0.161 e. The SMILES string of the molecule is COc1ccc(CN(Cc2ccoc2)C[C@H](C)O)cc1OC. The van der Waals surface area contributed by atoms with E-state index in [0.717, 1.165) is 17.7 Å². The molecule has 5 heteroatoms. The number of aliphatic hydroxyl groups excluding tert-OH is 1. The van der Waals surface area contributed by atoms with E-state index in [9.17, 15) is 5.11 Å². The zero-order valence-corrected chi connectivity index (χ0v) is 13.3. The summed E-state index contributed by atoms with van der Waals surface area (Å²) in [5.74, 6) is 1.42. The maximum Gasteiger partial charge on any atom is 0.161 e. The summed E-state index contributed by atoms with van der Waals surface area (Å²) in [6, 6.07) is 7.80. The van der Waals surface area contributed by atoms with Crippen molar-refractivity contribution in [3.63, 3.8) is 0 Å². The van der Waals surface area contributed by atoms with E-state index >= 15 is 0 Å². The normalized spacial score (nSPS) is 12.4. The molecule has 1 aromatic carbocycles. The molecule has 2 aromatic rings. The van der Waals surface area contributed by atoms with Gasteiger partial charge in [-0.3, -0.25) is 4.90 Å². The van der Waals surface area contributed by atoms with Crippen LogP contribution in [0.1, 0.15) is 18.1 Å². The minimum atomic E-state index is -0.396. The van der Waals surface area contributed by atoms with Crippen LogP contribution >= 0.6 is 0 Å². The van der Waals surface area contributed by atoms with Gasteiger partial charge in [-0.2, -0.15) is 0 Å². The molecule has 1 heterocycles. The zero-order chi connectivity index (χ0) is 15.9. The second-order valence-corrected chi connectivity index (χ2v) is 5.34. The molecule has 5 nitrogen and oxygen atoms in total.